The van der Waals surface area contributed by atoms with Gasteiger partial charge in [-0.1, -0.05) is 13.3 Å². The zero-order valence-corrected chi connectivity index (χ0v) is 9.68. The normalized spacial score (nSPS) is 10.6. The van der Waals surface area contributed by atoms with Crippen molar-refractivity contribution in [1.82, 2.24) is 9.78 Å². The lowest BCUT2D eigenvalue weighted by Crippen LogP contribution is -1.99. The van der Waals surface area contributed by atoms with Crippen molar-refractivity contribution in [2.45, 2.75) is 33.2 Å². The van der Waals surface area contributed by atoms with E-state index in [-0.39, 0.29) is 0 Å². The van der Waals surface area contributed by atoms with E-state index in [9.17, 15) is 0 Å². The molecule has 86 valence electrons. The fourth-order valence-corrected chi connectivity index (χ4v) is 1.23. The maximum atomic E-state index is 8.90. The summed E-state index contributed by atoms with van der Waals surface area (Å²) in [4.78, 5) is 4.11. The molecule has 0 N–H and O–H groups in total. The predicted molar refractivity (Wildman–Crippen MR) is 61.6 cm³/mol. The lowest BCUT2D eigenvalue weighted by molar-refractivity contribution is 0.343. The molecular formula is C11H16N4O. The Morgan fingerprint density at radius 2 is 2.44 bits per heavy atom. The lowest BCUT2D eigenvalue weighted by Gasteiger charge is -2.02. The van der Waals surface area contributed by atoms with Crippen LogP contribution < -0.4 is 0 Å². The summed E-state index contributed by atoms with van der Waals surface area (Å²) in [6.07, 6.45) is 4.99. The highest BCUT2D eigenvalue weighted by Gasteiger charge is 2.08. The Kier molecular flexibility index (Phi) is 5.06. The number of hydrogen-bond donors (Lipinski definition) is 0. The molecule has 0 spiro atoms. The minimum atomic E-state index is 0.479. The number of aryl methyl sites for hydroxylation is 1. The number of hydrogen-bond acceptors (Lipinski definition) is 4. The second-order valence-corrected chi connectivity index (χ2v) is 3.26. The van der Waals surface area contributed by atoms with Crippen LogP contribution in [0.5, 0.6) is 0 Å². The van der Waals surface area contributed by atoms with E-state index in [0.717, 1.165) is 19.4 Å². The Balaban J connectivity index is 2.84. The van der Waals surface area contributed by atoms with Crippen LogP contribution in [-0.4, -0.2) is 22.8 Å². The van der Waals surface area contributed by atoms with Crippen molar-refractivity contribution in [3.8, 4) is 6.07 Å². The average Bonchev–Trinajstić information content (AvgIpc) is 2.69. The molecule has 0 aliphatic heterocycles. The van der Waals surface area contributed by atoms with E-state index in [1.54, 1.807) is 4.68 Å². The molecule has 0 saturated carbocycles. The van der Waals surface area contributed by atoms with Crippen LogP contribution in [0.2, 0.25) is 0 Å². The molecule has 0 aromatic carbocycles. The lowest BCUT2D eigenvalue weighted by atomic mass is 10.3. The minimum absolute atomic E-state index is 0.479. The van der Waals surface area contributed by atoms with E-state index in [2.05, 4.69) is 23.1 Å². The predicted octanol–water partition coefficient (Wildman–Crippen LogP) is 2.25. The largest absolute Gasteiger partial charge is 0.483 e. The standard InChI is InChI=1S/C11H16N4O/c1-3-5-6-15-11(13-9-16-4-2)10(7-12)8-14-15/h8-9H,3-6H2,1-2H3. The van der Waals surface area contributed by atoms with Gasteiger partial charge in [-0.2, -0.15) is 15.4 Å². The van der Waals surface area contributed by atoms with Gasteiger partial charge in [0.25, 0.3) is 0 Å². The molecule has 0 unspecified atom stereocenters. The summed E-state index contributed by atoms with van der Waals surface area (Å²) >= 11 is 0. The molecule has 0 amide bonds. The summed E-state index contributed by atoms with van der Waals surface area (Å²) in [5, 5.41) is 13.0. The van der Waals surface area contributed by atoms with Crippen LogP contribution >= 0.6 is 0 Å². The molecule has 1 heterocycles. The van der Waals surface area contributed by atoms with Crippen LogP contribution in [0.25, 0.3) is 0 Å². The number of aromatic nitrogens is 2. The second-order valence-electron chi connectivity index (χ2n) is 3.26. The van der Waals surface area contributed by atoms with Crippen LogP contribution in [0.3, 0.4) is 0 Å². The summed E-state index contributed by atoms with van der Waals surface area (Å²) in [5.74, 6) is 0.574. The summed E-state index contributed by atoms with van der Waals surface area (Å²) in [6, 6.07) is 2.07. The highest BCUT2D eigenvalue weighted by molar-refractivity contribution is 5.58. The molecule has 0 aliphatic carbocycles. The van der Waals surface area contributed by atoms with Gasteiger partial charge >= 0.3 is 0 Å². The van der Waals surface area contributed by atoms with Gasteiger partial charge in [-0.25, -0.2) is 4.68 Å². The van der Waals surface area contributed by atoms with E-state index in [1.165, 1.54) is 12.6 Å². The van der Waals surface area contributed by atoms with Crippen LogP contribution in [-0.2, 0) is 11.3 Å². The molecule has 16 heavy (non-hydrogen) atoms. The Morgan fingerprint density at radius 3 is 3.06 bits per heavy atom. The number of unbranched alkanes of at least 4 members (excludes halogenated alkanes) is 1. The first kappa shape index (κ1) is 12.2. The number of ether oxygens (including phenoxy) is 1. The van der Waals surface area contributed by atoms with Crippen molar-refractivity contribution in [2.75, 3.05) is 6.61 Å². The number of aliphatic imine (C=N–C) groups is 1. The maximum Gasteiger partial charge on any atom is 0.176 e. The first-order chi connectivity index (χ1) is 7.83. The van der Waals surface area contributed by atoms with Crippen LogP contribution in [0, 0.1) is 11.3 Å². The van der Waals surface area contributed by atoms with E-state index < -0.39 is 0 Å². The molecule has 5 heteroatoms. The van der Waals surface area contributed by atoms with Crippen molar-refractivity contribution in [2.24, 2.45) is 4.99 Å². The van der Waals surface area contributed by atoms with Crippen molar-refractivity contribution < 1.29 is 4.74 Å². The second kappa shape index (κ2) is 6.62. The zero-order valence-electron chi connectivity index (χ0n) is 9.68. The summed E-state index contributed by atoms with van der Waals surface area (Å²) in [6.45, 7) is 5.33. The Labute approximate surface area is 95.4 Å². The average molecular weight is 220 g/mol. The van der Waals surface area contributed by atoms with E-state index >= 15 is 0 Å². The molecule has 1 aromatic heterocycles. The number of rotatable bonds is 6. The van der Waals surface area contributed by atoms with Gasteiger partial charge in [0.15, 0.2) is 12.2 Å². The van der Waals surface area contributed by atoms with Gasteiger partial charge in [0.05, 0.1) is 12.8 Å². The zero-order chi connectivity index (χ0) is 11.8. The van der Waals surface area contributed by atoms with E-state index in [4.69, 9.17) is 10.00 Å². The fraction of sp³-hybridized carbons (Fsp3) is 0.545. The Hall–Kier alpha value is -1.83. The van der Waals surface area contributed by atoms with Gasteiger partial charge in [0.2, 0.25) is 0 Å². The van der Waals surface area contributed by atoms with E-state index in [1.807, 2.05) is 6.92 Å². The third kappa shape index (κ3) is 3.09. The highest BCUT2D eigenvalue weighted by atomic mass is 16.5. The third-order valence-corrected chi connectivity index (χ3v) is 2.07. The Bertz CT molecular complexity index is 389. The maximum absolute atomic E-state index is 8.90. The molecule has 1 rings (SSSR count). The smallest absolute Gasteiger partial charge is 0.176 e. The van der Waals surface area contributed by atoms with Gasteiger partial charge in [-0.15, -0.1) is 0 Å². The Morgan fingerprint density at radius 1 is 1.62 bits per heavy atom. The monoisotopic (exact) mass is 220 g/mol. The summed E-state index contributed by atoms with van der Waals surface area (Å²) in [7, 11) is 0. The molecule has 1 aromatic rings. The minimum Gasteiger partial charge on any atom is -0.483 e. The number of nitrogens with zero attached hydrogens (tertiary/aromatic N) is 4. The highest BCUT2D eigenvalue weighted by Crippen LogP contribution is 2.18. The molecule has 0 atom stereocenters. The quantitative estimate of drug-likeness (QED) is 0.545. The van der Waals surface area contributed by atoms with E-state index in [0.29, 0.717) is 18.0 Å². The first-order valence-corrected chi connectivity index (χ1v) is 5.43. The van der Waals surface area contributed by atoms with Crippen LogP contribution in [0.4, 0.5) is 5.82 Å². The molecular weight excluding hydrogens is 204 g/mol. The van der Waals surface area contributed by atoms with Crippen molar-refractivity contribution in [1.29, 1.82) is 5.26 Å². The SMILES string of the molecule is CCCCn1ncc(C#N)c1N=COCC. The van der Waals surface area contributed by atoms with Gasteiger partial charge < -0.3 is 4.74 Å². The van der Waals surface area contributed by atoms with Crippen LogP contribution in [0.1, 0.15) is 32.3 Å². The van der Waals surface area contributed by atoms with Crippen molar-refractivity contribution in [3.63, 3.8) is 0 Å². The number of nitriles is 1. The molecule has 0 bridgehead atoms. The molecule has 5 nitrogen and oxygen atoms in total. The molecule has 0 aliphatic rings. The molecule has 0 radical (unpaired) electrons. The van der Waals surface area contributed by atoms with Crippen molar-refractivity contribution in [3.05, 3.63) is 11.8 Å². The van der Waals surface area contributed by atoms with Crippen molar-refractivity contribution >= 4 is 12.2 Å². The molecule has 0 fully saturated rings. The van der Waals surface area contributed by atoms with Gasteiger partial charge in [0.1, 0.15) is 11.6 Å². The van der Waals surface area contributed by atoms with Gasteiger partial charge in [-0.05, 0) is 13.3 Å². The fourth-order valence-electron chi connectivity index (χ4n) is 1.23. The van der Waals surface area contributed by atoms with Gasteiger partial charge in [-0.3, -0.25) is 0 Å². The summed E-state index contributed by atoms with van der Waals surface area (Å²) < 4.78 is 6.76. The van der Waals surface area contributed by atoms with Crippen LogP contribution in [0.15, 0.2) is 11.2 Å². The van der Waals surface area contributed by atoms with Gasteiger partial charge in [0, 0.05) is 6.54 Å². The summed E-state index contributed by atoms with van der Waals surface area (Å²) in [5.41, 5.74) is 0.479. The topological polar surface area (TPSA) is 63.2 Å². The molecule has 0 saturated heterocycles. The first-order valence-electron chi connectivity index (χ1n) is 5.43. The third-order valence-electron chi connectivity index (χ3n) is 2.07.